The maximum absolute atomic E-state index is 12.4. The van der Waals surface area contributed by atoms with Crippen molar-refractivity contribution in [2.24, 2.45) is 5.73 Å². The van der Waals surface area contributed by atoms with E-state index in [2.05, 4.69) is 4.98 Å². The van der Waals surface area contributed by atoms with Crippen molar-refractivity contribution in [1.29, 1.82) is 0 Å². The van der Waals surface area contributed by atoms with E-state index in [1.807, 2.05) is 24.4 Å². The number of thiocarbonyl (C=S) groups is 1. The highest BCUT2D eigenvalue weighted by atomic mass is 32.1. The standard InChI is InChI=1S/C19H15N3O2S/c20-17(25)11-5-6-16-15(9-11)12(10-21-16)7-8-22-18(23)13-3-1-2-4-14(13)19(22)24/h1-6,9-10,21H,7-8H2,(H2,20,25). The van der Waals surface area contributed by atoms with E-state index in [4.69, 9.17) is 18.0 Å². The third-order valence-corrected chi connectivity index (χ3v) is 4.77. The van der Waals surface area contributed by atoms with Crippen LogP contribution in [0.1, 0.15) is 31.8 Å². The number of amides is 2. The molecule has 6 heteroatoms. The number of nitrogens with two attached hydrogens (primary N) is 1. The summed E-state index contributed by atoms with van der Waals surface area (Å²) in [5.74, 6) is -0.464. The molecule has 4 rings (SSSR count). The van der Waals surface area contributed by atoms with Gasteiger partial charge < -0.3 is 10.7 Å². The van der Waals surface area contributed by atoms with Gasteiger partial charge >= 0.3 is 0 Å². The molecule has 0 saturated heterocycles. The first kappa shape index (κ1) is 15.5. The number of H-pyrrole nitrogens is 1. The number of hydrogen-bond donors (Lipinski definition) is 2. The summed E-state index contributed by atoms with van der Waals surface area (Å²) in [5, 5.41) is 1.00. The molecule has 124 valence electrons. The molecule has 0 atom stereocenters. The van der Waals surface area contributed by atoms with Gasteiger partial charge in [-0.1, -0.05) is 24.4 Å². The van der Waals surface area contributed by atoms with Crippen LogP contribution in [-0.4, -0.2) is 33.2 Å². The number of carbonyl (C=O) groups is 2. The Labute approximate surface area is 149 Å². The number of fused-ring (bicyclic) bond motifs is 2. The molecule has 5 nitrogen and oxygen atoms in total. The van der Waals surface area contributed by atoms with Gasteiger partial charge in [-0.15, -0.1) is 0 Å². The van der Waals surface area contributed by atoms with E-state index in [0.717, 1.165) is 22.0 Å². The Morgan fingerprint density at radius 1 is 1.08 bits per heavy atom. The molecule has 0 unspecified atom stereocenters. The third-order valence-electron chi connectivity index (χ3n) is 4.53. The van der Waals surface area contributed by atoms with Gasteiger partial charge in [-0.2, -0.15) is 0 Å². The second kappa shape index (κ2) is 5.82. The highest BCUT2D eigenvalue weighted by Gasteiger charge is 2.34. The number of rotatable bonds is 4. The summed E-state index contributed by atoms with van der Waals surface area (Å²) in [6, 6.07) is 12.6. The molecule has 3 aromatic rings. The van der Waals surface area contributed by atoms with Gasteiger partial charge in [0.1, 0.15) is 4.99 Å². The fourth-order valence-electron chi connectivity index (χ4n) is 3.21. The van der Waals surface area contributed by atoms with Crippen molar-refractivity contribution in [3.05, 3.63) is 70.9 Å². The van der Waals surface area contributed by atoms with Crippen LogP contribution in [0.4, 0.5) is 0 Å². The summed E-state index contributed by atoms with van der Waals surface area (Å²) in [6.45, 7) is 0.330. The molecule has 0 saturated carbocycles. The summed E-state index contributed by atoms with van der Waals surface area (Å²) >= 11 is 5.04. The molecule has 1 aliphatic heterocycles. The van der Waals surface area contributed by atoms with Crippen LogP contribution in [0.2, 0.25) is 0 Å². The molecule has 2 amide bonds. The second-order valence-electron chi connectivity index (χ2n) is 6.00. The van der Waals surface area contributed by atoms with Crippen molar-refractivity contribution >= 4 is 39.9 Å². The molecule has 0 aliphatic carbocycles. The Hall–Kier alpha value is -2.99. The molecule has 0 fully saturated rings. The molecule has 2 aromatic carbocycles. The lowest BCUT2D eigenvalue weighted by molar-refractivity contribution is 0.0656. The largest absolute Gasteiger partial charge is 0.389 e. The first-order valence-corrected chi connectivity index (χ1v) is 8.32. The van der Waals surface area contributed by atoms with E-state index in [1.165, 1.54) is 4.90 Å². The van der Waals surface area contributed by atoms with Crippen LogP contribution in [0.5, 0.6) is 0 Å². The van der Waals surface area contributed by atoms with Crippen molar-refractivity contribution in [1.82, 2.24) is 9.88 Å². The molecule has 2 heterocycles. The number of nitrogens with zero attached hydrogens (tertiary/aromatic N) is 1. The van der Waals surface area contributed by atoms with Gasteiger partial charge in [-0.3, -0.25) is 14.5 Å². The van der Waals surface area contributed by atoms with Crippen LogP contribution >= 0.6 is 12.2 Å². The minimum Gasteiger partial charge on any atom is -0.389 e. The number of hydrogen-bond acceptors (Lipinski definition) is 3. The topological polar surface area (TPSA) is 79.2 Å². The van der Waals surface area contributed by atoms with Crippen molar-refractivity contribution in [3.8, 4) is 0 Å². The summed E-state index contributed by atoms with van der Waals surface area (Å²) in [6.07, 6.45) is 2.46. The van der Waals surface area contributed by atoms with E-state index in [-0.39, 0.29) is 11.8 Å². The number of benzene rings is 2. The van der Waals surface area contributed by atoms with Gasteiger partial charge in [0.25, 0.3) is 11.8 Å². The summed E-state index contributed by atoms with van der Waals surface area (Å²) < 4.78 is 0. The van der Waals surface area contributed by atoms with Crippen LogP contribution in [0.25, 0.3) is 10.9 Å². The van der Waals surface area contributed by atoms with Crippen LogP contribution < -0.4 is 5.73 Å². The molecular weight excluding hydrogens is 334 g/mol. The molecular formula is C19H15N3O2S. The molecule has 0 radical (unpaired) electrons. The summed E-state index contributed by atoms with van der Waals surface area (Å²) in [4.78, 5) is 29.7. The predicted molar refractivity (Wildman–Crippen MR) is 99.7 cm³/mol. The van der Waals surface area contributed by atoms with Gasteiger partial charge in [-0.05, 0) is 42.3 Å². The minimum atomic E-state index is -0.232. The maximum atomic E-state index is 12.4. The molecule has 25 heavy (non-hydrogen) atoms. The third kappa shape index (κ3) is 2.51. The number of aromatic nitrogens is 1. The van der Waals surface area contributed by atoms with E-state index >= 15 is 0 Å². The van der Waals surface area contributed by atoms with Crippen molar-refractivity contribution in [2.75, 3.05) is 6.54 Å². The lowest BCUT2D eigenvalue weighted by atomic mass is 10.1. The SMILES string of the molecule is NC(=S)c1ccc2[nH]cc(CCN3C(=O)c4ccccc4C3=O)c2c1. The Bertz CT molecular complexity index is 1000. The van der Waals surface area contributed by atoms with Crippen LogP contribution in [-0.2, 0) is 6.42 Å². The fraction of sp³-hybridized carbons (Fsp3) is 0.105. The Morgan fingerprint density at radius 2 is 1.76 bits per heavy atom. The van der Waals surface area contributed by atoms with Gasteiger partial charge in [0.2, 0.25) is 0 Å². The van der Waals surface area contributed by atoms with Crippen LogP contribution in [0, 0.1) is 0 Å². The molecule has 1 aromatic heterocycles. The molecule has 3 N–H and O–H groups in total. The van der Waals surface area contributed by atoms with Gasteiger partial charge in [0.05, 0.1) is 11.1 Å². The van der Waals surface area contributed by atoms with Crippen molar-refractivity contribution < 1.29 is 9.59 Å². The van der Waals surface area contributed by atoms with E-state index in [1.54, 1.807) is 24.3 Å². The zero-order valence-corrected chi connectivity index (χ0v) is 14.1. The van der Waals surface area contributed by atoms with E-state index in [9.17, 15) is 9.59 Å². The minimum absolute atomic E-state index is 0.232. The monoisotopic (exact) mass is 349 g/mol. The quantitative estimate of drug-likeness (QED) is 0.561. The normalized spacial score (nSPS) is 13.5. The highest BCUT2D eigenvalue weighted by Crippen LogP contribution is 2.25. The molecule has 0 spiro atoms. The molecule has 0 bridgehead atoms. The van der Waals surface area contributed by atoms with Gasteiger partial charge in [0.15, 0.2) is 0 Å². The van der Waals surface area contributed by atoms with Crippen molar-refractivity contribution in [3.63, 3.8) is 0 Å². The van der Waals surface area contributed by atoms with Gasteiger partial charge in [0, 0.05) is 29.2 Å². The van der Waals surface area contributed by atoms with E-state index < -0.39 is 0 Å². The number of aromatic amines is 1. The Balaban J connectivity index is 1.59. The Kier molecular flexibility index (Phi) is 3.62. The van der Waals surface area contributed by atoms with Crippen molar-refractivity contribution in [2.45, 2.75) is 6.42 Å². The second-order valence-corrected chi connectivity index (χ2v) is 6.44. The van der Waals surface area contributed by atoms with E-state index in [0.29, 0.717) is 29.1 Å². The lowest BCUT2D eigenvalue weighted by Crippen LogP contribution is -2.31. The smallest absolute Gasteiger partial charge is 0.261 e. The lowest BCUT2D eigenvalue weighted by Gasteiger charge is -2.13. The number of carbonyl (C=O) groups excluding carboxylic acids is 2. The molecule has 1 aliphatic rings. The first-order chi connectivity index (χ1) is 12.1. The highest BCUT2D eigenvalue weighted by molar-refractivity contribution is 7.80. The summed E-state index contributed by atoms with van der Waals surface area (Å²) in [5.41, 5.74) is 9.44. The van der Waals surface area contributed by atoms with Gasteiger partial charge in [-0.25, -0.2) is 0 Å². The summed E-state index contributed by atoms with van der Waals surface area (Å²) in [7, 11) is 0. The van der Waals surface area contributed by atoms with Crippen LogP contribution in [0.3, 0.4) is 0 Å². The van der Waals surface area contributed by atoms with Crippen LogP contribution in [0.15, 0.2) is 48.7 Å². The number of imide groups is 1. The Morgan fingerprint density at radius 3 is 2.40 bits per heavy atom. The predicted octanol–water partition coefficient (Wildman–Crippen LogP) is 2.64. The average molecular weight is 349 g/mol. The zero-order chi connectivity index (χ0) is 17.6. The maximum Gasteiger partial charge on any atom is 0.261 e. The fourth-order valence-corrected chi connectivity index (χ4v) is 3.34. The number of nitrogens with one attached hydrogen (secondary N) is 1. The first-order valence-electron chi connectivity index (χ1n) is 7.91. The zero-order valence-electron chi connectivity index (χ0n) is 13.3. The average Bonchev–Trinajstić information content (AvgIpc) is 3.13.